The van der Waals surface area contributed by atoms with E-state index in [0.29, 0.717) is 0 Å². The van der Waals surface area contributed by atoms with Crippen molar-refractivity contribution in [1.82, 2.24) is 5.32 Å². The van der Waals surface area contributed by atoms with Crippen LogP contribution in [0.2, 0.25) is 0 Å². The van der Waals surface area contributed by atoms with Gasteiger partial charge in [-0.05, 0) is 43.1 Å². The third kappa shape index (κ3) is 4.34. The lowest BCUT2D eigenvalue weighted by Crippen LogP contribution is -2.24. The van der Waals surface area contributed by atoms with Crippen LogP contribution in [0.15, 0.2) is 30.3 Å². The highest BCUT2D eigenvalue weighted by atomic mass is 14.9. The fourth-order valence-corrected chi connectivity index (χ4v) is 3.62. The van der Waals surface area contributed by atoms with E-state index in [1.54, 1.807) is 0 Å². The van der Waals surface area contributed by atoms with Gasteiger partial charge in [0.2, 0.25) is 0 Å². The molecule has 110 valence electrons. The molecule has 0 saturated heterocycles. The normalized spacial score (nSPS) is 21.8. The van der Waals surface area contributed by atoms with Crippen molar-refractivity contribution in [3.8, 4) is 0 Å². The van der Waals surface area contributed by atoms with Crippen LogP contribution in [-0.2, 0) is 0 Å². The van der Waals surface area contributed by atoms with Crippen LogP contribution in [-0.4, -0.2) is 12.6 Å². The lowest BCUT2D eigenvalue weighted by molar-refractivity contribution is 0.321. The molecule has 0 heterocycles. The van der Waals surface area contributed by atoms with Gasteiger partial charge in [0, 0.05) is 12.6 Å². The summed E-state index contributed by atoms with van der Waals surface area (Å²) in [6.45, 7) is 1.18. The molecule has 0 aliphatic heterocycles. The minimum Gasteiger partial charge on any atom is -0.313 e. The first-order chi connectivity index (χ1) is 9.92. The van der Waals surface area contributed by atoms with Crippen molar-refractivity contribution >= 4 is 0 Å². The summed E-state index contributed by atoms with van der Waals surface area (Å²) in [4.78, 5) is 0. The largest absolute Gasteiger partial charge is 0.313 e. The molecular weight excluding hydrogens is 242 g/mol. The molecule has 2 saturated carbocycles. The molecule has 3 rings (SSSR count). The molecule has 0 amide bonds. The number of nitrogens with one attached hydrogen (secondary N) is 1. The molecule has 2 aliphatic rings. The van der Waals surface area contributed by atoms with Crippen molar-refractivity contribution in [2.75, 3.05) is 6.54 Å². The molecule has 1 heteroatoms. The Hall–Kier alpha value is -0.820. The molecule has 1 N–H and O–H groups in total. The molecule has 1 unspecified atom stereocenters. The van der Waals surface area contributed by atoms with E-state index in [-0.39, 0.29) is 0 Å². The van der Waals surface area contributed by atoms with Gasteiger partial charge in [-0.1, -0.05) is 62.4 Å². The summed E-state index contributed by atoms with van der Waals surface area (Å²) >= 11 is 0. The maximum Gasteiger partial charge on any atom is 0.00684 e. The maximum absolute atomic E-state index is 3.74. The average Bonchev–Trinajstić information content (AvgIpc) is 3.33. The van der Waals surface area contributed by atoms with Gasteiger partial charge in [0.05, 0.1) is 0 Å². The van der Waals surface area contributed by atoms with Crippen molar-refractivity contribution < 1.29 is 0 Å². The van der Waals surface area contributed by atoms with Crippen LogP contribution in [0.5, 0.6) is 0 Å². The van der Waals surface area contributed by atoms with Crippen molar-refractivity contribution in [2.24, 2.45) is 5.92 Å². The molecule has 0 aromatic heterocycles. The Balaban J connectivity index is 1.53. The van der Waals surface area contributed by atoms with Crippen LogP contribution in [0.3, 0.4) is 0 Å². The van der Waals surface area contributed by atoms with Crippen LogP contribution in [0, 0.1) is 5.92 Å². The van der Waals surface area contributed by atoms with Crippen LogP contribution >= 0.6 is 0 Å². The van der Waals surface area contributed by atoms with E-state index >= 15 is 0 Å². The fourth-order valence-electron chi connectivity index (χ4n) is 3.62. The van der Waals surface area contributed by atoms with Gasteiger partial charge in [-0.15, -0.1) is 0 Å². The molecule has 0 bridgehead atoms. The molecule has 20 heavy (non-hydrogen) atoms. The first-order valence-electron chi connectivity index (χ1n) is 8.70. The molecule has 2 fully saturated rings. The highest BCUT2D eigenvalue weighted by molar-refractivity contribution is 5.20. The van der Waals surface area contributed by atoms with Crippen molar-refractivity contribution in [3.05, 3.63) is 35.9 Å². The number of hydrogen-bond donors (Lipinski definition) is 1. The first kappa shape index (κ1) is 14.1. The average molecular weight is 271 g/mol. The number of hydrogen-bond acceptors (Lipinski definition) is 1. The molecule has 1 aromatic carbocycles. The van der Waals surface area contributed by atoms with E-state index in [1.165, 1.54) is 69.9 Å². The van der Waals surface area contributed by atoms with Crippen molar-refractivity contribution in [1.29, 1.82) is 0 Å². The van der Waals surface area contributed by atoms with E-state index < -0.39 is 0 Å². The minimum atomic E-state index is 0.721. The lowest BCUT2D eigenvalue weighted by Gasteiger charge is -2.25. The predicted octanol–water partition coefficient (Wildman–Crippen LogP) is 4.88. The summed E-state index contributed by atoms with van der Waals surface area (Å²) in [6.07, 6.45) is 13.0. The van der Waals surface area contributed by atoms with Crippen LogP contribution in [0.4, 0.5) is 0 Å². The summed E-state index contributed by atoms with van der Waals surface area (Å²) in [6, 6.07) is 12.0. The van der Waals surface area contributed by atoms with Gasteiger partial charge >= 0.3 is 0 Å². The van der Waals surface area contributed by atoms with E-state index in [0.717, 1.165) is 17.9 Å². The summed E-state index contributed by atoms with van der Waals surface area (Å²) in [5.74, 6) is 1.73. The maximum atomic E-state index is 3.74. The Morgan fingerprint density at radius 2 is 1.70 bits per heavy atom. The van der Waals surface area contributed by atoms with Gasteiger partial charge in [0.15, 0.2) is 0 Å². The van der Waals surface area contributed by atoms with Gasteiger partial charge in [0.25, 0.3) is 0 Å². The highest BCUT2D eigenvalue weighted by Crippen LogP contribution is 2.31. The Labute approximate surface area is 124 Å². The topological polar surface area (TPSA) is 12.0 Å². The van der Waals surface area contributed by atoms with Crippen molar-refractivity contribution in [2.45, 2.75) is 69.7 Å². The second-order valence-corrected chi connectivity index (χ2v) is 6.87. The second-order valence-electron chi connectivity index (χ2n) is 6.87. The number of benzene rings is 1. The van der Waals surface area contributed by atoms with Gasteiger partial charge in [0.1, 0.15) is 0 Å². The monoisotopic (exact) mass is 271 g/mol. The second kappa shape index (κ2) is 7.26. The molecule has 2 aliphatic carbocycles. The molecule has 0 radical (unpaired) electrons. The van der Waals surface area contributed by atoms with E-state index in [9.17, 15) is 0 Å². The van der Waals surface area contributed by atoms with Gasteiger partial charge in [-0.3, -0.25) is 0 Å². The molecule has 1 aromatic rings. The first-order valence-corrected chi connectivity index (χ1v) is 8.70. The third-order valence-electron chi connectivity index (χ3n) is 5.15. The van der Waals surface area contributed by atoms with E-state index in [2.05, 4.69) is 35.6 Å². The smallest absolute Gasteiger partial charge is 0.00684 e. The highest BCUT2D eigenvalue weighted by Gasteiger charge is 2.23. The van der Waals surface area contributed by atoms with Crippen LogP contribution < -0.4 is 5.32 Å². The standard InChI is InChI=1S/C19H29N/c1-3-7-16(8-4-1)11-12-18(15-20-19-13-14-19)17-9-5-2-6-10-17/h2,5-6,9-10,16,18-20H,1,3-4,7-8,11-15H2. The van der Waals surface area contributed by atoms with Crippen LogP contribution in [0.1, 0.15) is 69.3 Å². The Bertz CT molecular complexity index is 376. The van der Waals surface area contributed by atoms with Gasteiger partial charge < -0.3 is 5.32 Å². The summed E-state index contributed by atoms with van der Waals surface area (Å²) in [5, 5.41) is 3.74. The summed E-state index contributed by atoms with van der Waals surface area (Å²) in [7, 11) is 0. The lowest BCUT2D eigenvalue weighted by atomic mass is 9.83. The number of rotatable bonds is 7. The van der Waals surface area contributed by atoms with Gasteiger partial charge in [-0.2, -0.15) is 0 Å². The zero-order valence-electron chi connectivity index (χ0n) is 12.7. The summed E-state index contributed by atoms with van der Waals surface area (Å²) in [5.41, 5.74) is 1.54. The predicted molar refractivity (Wildman–Crippen MR) is 86.0 cm³/mol. The van der Waals surface area contributed by atoms with E-state index in [4.69, 9.17) is 0 Å². The fraction of sp³-hybridized carbons (Fsp3) is 0.684. The molecular formula is C19H29N. The molecule has 1 nitrogen and oxygen atoms in total. The van der Waals surface area contributed by atoms with Crippen LogP contribution in [0.25, 0.3) is 0 Å². The van der Waals surface area contributed by atoms with E-state index in [1.807, 2.05) is 0 Å². The Morgan fingerprint density at radius 1 is 0.950 bits per heavy atom. The van der Waals surface area contributed by atoms with Crippen molar-refractivity contribution in [3.63, 3.8) is 0 Å². The zero-order valence-corrected chi connectivity index (χ0v) is 12.7. The summed E-state index contributed by atoms with van der Waals surface area (Å²) < 4.78 is 0. The molecule has 1 atom stereocenters. The SMILES string of the molecule is c1ccc(C(CCC2CCCCC2)CNC2CC2)cc1. The quantitative estimate of drug-likeness (QED) is 0.745. The van der Waals surface area contributed by atoms with Gasteiger partial charge in [-0.25, -0.2) is 0 Å². The Kier molecular flexibility index (Phi) is 5.13. The minimum absolute atomic E-state index is 0.721. The molecule has 0 spiro atoms. The Morgan fingerprint density at radius 3 is 2.40 bits per heavy atom. The third-order valence-corrected chi connectivity index (χ3v) is 5.15. The zero-order chi connectivity index (χ0) is 13.6.